The summed E-state index contributed by atoms with van der Waals surface area (Å²) in [6.45, 7) is -0.936. The maximum absolute atomic E-state index is 12.4. The van der Waals surface area contributed by atoms with Crippen LogP contribution in [0.4, 0.5) is 0 Å². The van der Waals surface area contributed by atoms with Crippen molar-refractivity contribution < 1.29 is 57.6 Å². The molecule has 194 valence electrons. The fourth-order valence-electron chi connectivity index (χ4n) is 3.93. The highest BCUT2D eigenvalue weighted by Crippen LogP contribution is 2.23. The lowest BCUT2D eigenvalue weighted by molar-refractivity contribution is -0.132. The first-order valence-electron chi connectivity index (χ1n) is 11.0. The third-order valence-corrected chi connectivity index (χ3v) is 5.93. The van der Waals surface area contributed by atoms with Gasteiger partial charge in [-0.05, 0) is 36.4 Å². The van der Waals surface area contributed by atoms with Gasteiger partial charge in [0.2, 0.25) is 5.91 Å². The average molecular weight is 524 g/mol. The Labute approximate surface area is 211 Å². The Morgan fingerprint density at radius 3 is 1.74 bits per heavy atom. The number of nitrogens with one attached hydrogen (secondary N) is 2. The zero-order valence-electron chi connectivity index (χ0n) is 19.0. The van der Waals surface area contributed by atoms with Crippen LogP contribution in [-0.2, 0) is 23.7 Å². The number of rotatable bonds is 6. The normalized spacial score (nSPS) is 21.7. The largest absolute Gasteiger partial charge is 0.460 e. The van der Waals surface area contributed by atoms with Crippen molar-refractivity contribution in [1.82, 2.24) is 10.6 Å². The predicted molar refractivity (Wildman–Crippen MR) is 118 cm³/mol. The van der Waals surface area contributed by atoms with Crippen LogP contribution in [0.2, 0.25) is 0 Å². The Morgan fingerprint density at radius 1 is 0.737 bits per heavy atom. The molecule has 3 atom stereocenters. The molecule has 1 saturated heterocycles. The Hall–Kier alpha value is -4.95. The van der Waals surface area contributed by atoms with E-state index in [2.05, 4.69) is 20.1 Å². The van der Waals surface area contributed by atoms with Gasteiger partial charge in [-0.1, -0.05) is 0 Å². The number of amides is 1. The van der Waals surface area contributed by atoms with E-state index in [-0.39, 0.29) is 33.4 Å². The molecule has 5 rings (SSSR count). The van der Waals surface area contributed by atoms with Gasteiger partial charge in [0, 0.05) is 0 Å². The van der Waals surface area contributed by atoms with Gasteiger partial charge in [-0.2, -0.15) is 0 Å². The highest BCUT2D eigenvalue weighted by atomic mass is 16.6. The van der Waals surface area contributed by atoms with E-state index in [0.717, 1.165) is 12.1 Å². The molecule has 2 aromatic carbocycles. The fraction of sp³-hybridized carbons (Fsp3) is 0.208. The second kappa shape index (κ2) is 9.49. The minimum Gasteiger partial charge on any atom is -0.460 e. The molecule has 0 saturated carbocycles. The third kappa shape index (κ3) is 4.49. The summed E-state index contributed by atoms with van der Waals surface area (Å²) in [4.78, 5) is 83.5. The van der Waals surface area contributed by atoms with Crippen LogP contribution < -0.4 is 10.6 Å². The van der Waals surface area contributed by atoms with Crippen LogP contribution in [0.1, 0.15) is 62.1 Å². The third-order valence-electron chi connectivity index (χ3n) is 5.93. The highest BCUT2D eigenvalue weighted by molar-refractivity contribution is 6.16. The van der Waals surface area contributed by atoms with Crippen molar-refractivity contribution in [3.05, 3.63) is 69.8 Å². The first kappa shape index (κ1) is 24.7. The molecule has 0 spiro atoms. The SMILES string of the molecule is O=C(OCC1NC(O)C(COC(=O)c2ccc3c(c2)C(=O)OC3=O)NC1=O)c1ccc2c(c1)C(=O)OC2=O. The molecule has 3 unspecified atom stereocenters. The van der Waals surface area contributed by atoms with E-state index in [4.69, 9.17) is 9.47 Å². The predicted octanol–water partition coefficient (Wildman–Crippen LogP) is -0.903. The molecule has 1 amide bonds. The summed E-state index contributed by atoms with van der Waals surface area (Å²) in [6, 6.07) is 5.09. The number of ether oxygens (including phenoxy) is 4. The van der Waals surface area contributed by atoms with Gasteiger partial charge >= 0.3 is 35.8 Å². The van der Waals surface area contributed by atoms with Crippen molar-refractivity contribution in [1.29, 1.82) is 0 Å². The lowest BCUT2D eigenvalue weighted by Gasteiger charge is -2.34. The van der Waals surface area contributed by atoms with Crippen LogP contribution in [0.15, 0.2) is 36.4 Å². The fourth-order valence-corrected chi connectivity index (χ4v) is 3.93. The van der Waals surface area contributed by atoms with Gasteiger partial charge in [-0.3, -0.25) is 10.1 Å². The summed E-state index contributed by atoms with van der Waals surface area (Å²) in [5.41, 5.74) is -0.230. The van der Waals surface area contributed by atoms with Gasteiger partial charge in [0.05, 0.1) is 33.4 Å². The number of benzene rings is 2. The summed E-state index contributed by atoms with van der Waals surface area (Å²) in [5.74, 6) is -5.85. The summed E-state index contributed by atoms with van der Waals surface area (Å²) < 4.78 is 19.1. The van der Waals surface area contributed by atoms with E-state index >= 15 is 0 Å². The van der Waals surface area contributed by atoms with Crippen LogP contribution >= 0.6 is 0 Å². The maximum Gasteiger partial charge on any atom is 0.346 e. The first-order chi connectivity index (χ1) is 18.1. The summed E-state index contributed by atoms with van der Waals surface area (Å²) in [5, 5.41) is 15.3. The molecule has 3 heterocycles. The molecular weight excluding hydrogens is 508 g/mol. The zero-order chi connectivity index (χ0) is 27.1. The summed E-state index contributed by atoms with van der Waals surface area (Å²) in [7, 11) is 0. The number of aliphatic hydroxyl groups excluding tert-OH is 1. The Balaban J connectivity index is 1.13. The average Bonchev–Trinajstić information content (AvgIpc) is 3.35. The molecule has 3 N–H and O–H groups in total. The second-order valence-electron chi connectivity index (χ2n) is 8.35. The molecular formula is C24H16N2O12. The topological polar surface area (TPSA) is 201 Å². The van der Waals surface area contributed by atoms with Gasteiger partial charge < -0.3 is 29.4 Å². The molecule has 3 aliphatic rings. The van der Waals surface area contributed by atoms with Crippen molar-refractivity contribution in [2.75, 3.05) is 13.2 Å². The Kier molecular flexibility index (Phi) is 6.18. The summed E-state index contributed by atoms with van der Waals surface area (Å²) in [6.07, 6.45) is -1.39. The van der Waals surface area contributed by atoms with Crippen molar-refractivity contribution in [2.45, 2.75) is 18.3 Å². The molecule has 0 aromatic heterocycles. The van der Waals surface area contributed by atoms with Gasteiger partial charge in [0.25, 0.3) is 0 Å². The quantitative estimate of drug-likeness (QED) is 0.239. The number of piperazine rings is 1. The van der Waals surface area contributed by atoms with Crippen LogP contribution in [-0.4, -0.2) is 78.4 Å². The van der Waals surface area contributed by atoms with Crippen LogP contribution in [0.25, 0.3) is 0 Å². The van der Waals surface area contributed by atoms with E-state index in [0.29, 0.717) is 0 Å². The molecule has 0 bridgehead atoms. The van der Waals surface area contributed by atoms with Crippen molar-refractivity contribution in [3.8, 4) is 0 Å². The van der Waals surface area contributed by atoms with Crippen molar-refractivity contribution >= 4 is 41.7 Å². The van der Waals surface area contributed by atoms with Gasteiger partial charge in [-0.25, -0.2) is 28.8 Å². The van der Waals surface area contributed by atoms with Gasteiger partial charge in [0.15, 0.2) is 0 Å². The Bertz CT molecular complexity index is 1450. The summed E-state index contributed by atoms with van der Waals surface area (Å²) >= 11 is 0. The number of cyclic esters (lactones) is 4. The number of esters is 6. The highest BCUT2D eigenvalue weighted by Gasteiger charge is 2.36. The minimum absolute atomic E-state index is 0.0171. The van der Waals surface area contributed by atoms with E-state index in [9.17, 15) is 38.7 Å². The molecule has 0 aliphatic carbocycles. The van der Waals surface area contributed by atoms with E-state index < -0.39 is 73.2 Å². The first-order valence-corrected chi connectivity index (χ1v) is 11.0. The number of hydrogen-bond acceptors (Lipinski definition) is 13. The lowest BCUT2D eigenvalue weighted by atomic mass is 10.1. The van der Waals surface area contributed by atoms with Crippen LogP contribution in [0.5, 0.6) is 0 Å². The van der Waals surface area contributed by atoms with Crippen molar-refractivity contribution in [2.24, 2.45) is 0 Å². The molecule has 2 aromatic rings. The van der Waals surface area contributed by atoms with E-state index in [1.807, 2.05) is 0 Å². The minimum atomic E-state index is -1.39. The smallest absolute Gasteiger partial charge is 0.346 e. The maximum atomic E-state index is 12.4. The van der Waals surface area contributed by atoms with Crippen LogP contribution in [0.3, 0.4) is 0 Å². The van der Waals surface area contributed by atoms with Crippen molar-refractivity contribution in [3.63, 3.8) is 0 Å². The molecule has 0 radical (unpaired) electrons. The number of carbonyl (C=O) groups is 7. The van der Waals surface area contributed by atoms with Crippen LogP contribution in [0, 0.1) is 0 Å². The second-order valence-corrected chi connectivity index (χ2v) is 8.35. The standard InChI is InChI=1S/C24H16N2O12/c27-17-15(7-35-19(29)9-1-3-11-13(5-9)23(33)37-21(11)31)25-18(28)16(26-17)8-36-20(30)10-2-4-12-14(6-10)24(34)38-22(12)32/h1-6,15-17,26-27H,7-8H2,(H,25,28). The lowest BCUT2D eigenvalue weighted by Crippen LogP contribution is -2.66. The zero-order valence-corrected chi connectivity index (χ0v) is 19.0. The van der Waals surface area contributed by atoms with Gasteiger partial charge in [0.1, 0.15) is 31.5 Å². The molecule has 14 nitrogen and oxygen atoms in total. The number of aliphatic hydroxyl groups is 1. The molecule has 14 heteroatoms. The van der Waals surface area contributed by atoms with E-state index in [1.54, 1.807) is 0 Å². The number of hydrogen-bond donors (Lipinski definition) is 3. The Morgan fingerprint density at radius 2 is 1.21 bits per heavy atom. The number of fused-ring (bicyclic) bond motifs is 2. The molecule has 1 fully saturated rings. The van der Waals surface area contributed by atoms with E-state index in [1.165, 1.54) is 24.3 Å². The van der Waals surface area contributed by atoms with Gasteiger partial charge in [-0.15, -0.1) is 0 Å². The molecule has 3 aliphatic heterocycles. The molecule has 38 heavy (non-hydrogen) atoms. The monoisotopic (exact) mass is 524 g/mol. The number of carbonyl (C=O) groups excluding carboxylic acids is 7.